The number of carbonyl (C=O) groups excluding carboxylic acids is 1. The standard InChI is InChI=1S/C27H26ClN5O3S2/c28-22-10-6-8-20(16-22)18-29-25(34)19-37-27-31-30-26(33(27)23-11-2-1-3-12-23)21-9-7-13-24(17-21)38(35,36)32-14-4-5-15-32/h1-3,6-13,16-17H,4-5,14-15,18-19H2,(H,29,34). The summed E-state index contributed by atoms with van der Waals surface area (Å²) >= 11 is 7.29. The van der Waals surface area contributed by atoms with Crippen molar-refractivity contribution in [2.75, 3.05) is 18.8 Å². The lowest BCUT2D eigenvalue weighted by atomic mass is 10.2. The Hall–Kier alpha value is -3.18. The third-order valence-electron chi connectivity index (χ3n) is 6.15. The molecule has 0 saturated carbocycles. The molecule has 196 valence electrons. The highest BCUT2D eigenvalue weighted by molar-refractivity contribution is 7.99. The van der Waals surface area contributed by atoms with Crippen LogP contribution in [0.2, 0.25) is 5.02 Å². The number of para-hydroxylation sites is 1. The van der Waals surface area contributed by atoms with Crippen LogP contribution in [0.15, 0.2) is 88.9 Å². The van der Waals surface area contributed by atoms with Crippen molar-refractivity contribution >= 4 is 39.3 Å². The second kappa shape index (κ2) is 11.7. The number of aromatic nitrogens is 3. The van der Waals surface area contributed by atoms with Gasteiger partial charge in [0.15, 0.2) is 11.0 Å². The van der Waals surface area contributed by atoms with E-state index < -0.39 is 10.0 Å². The molecule has 1 aromatic heterocycles. The molecule has 4 aromatic rings. The molecule has 2 heterocycles. The first-order valence-electron chi connectivity index (χ1n) is 12.2. The van der Waals surface area contributed by atoms with Gasteiger partial charge in [0.2, 0.25) is 15.9 Å². The van der Waals surface area contributed by atoms with Crippen LogP contribution in [0.3, 0.4) is 0 Å². The van der Waals surface area contributed by atoms with Crippen LogP contribution < -0.4 is 5.32 Å². The molecule has 8 nitrogen and oxygen atoms in total. The van der Waals surface area contributed by atoms with E-state index in [4.69, 9.17) is 11.6 Å². The maximum absolute atomic E-state index is 13.2. The number of amides is 1. The lowest BCUT2D eigenvalue weighted by Gasteiger charge is -2.16. The fourth-order valence-corrected chi connectivity index (χ4v) is 6.82. The van der Waals surface area contributed by atoms with Crippen molar-refractivity contribution in [3.8, 4) is 17.1 Å². The Balaban J connectivity index is 1.39. The summed E-state index contributed by atoms with van der Waals surface area (Å²) in [6.45, 7) is 1.44. The van der Waals surface area contributed by atoms with E-state index in [1.54, 1.807) is 24.3 Å². The zero-order chi connectivity index (χ0) is 26.5. The molecule has 0 unspecified atom stereocenters. The predicted octanol–water partition coefficient (Wildman–Crippen LogP) is 4.78. The van der Waals surface area contributed by atoms with E-state index in [0.717, 1.165) is 24.1 Å². The number of benzene rings is 3. The van der Waals surface area contributed by atoms with Gasteiger partial charge < -0.3 is 5.32 Å². The van der Waals surface area contributed by atoms with Gasteiger partial charge in [0, 0.05) is 35.9 Å². The molecule has 1 aliphatic rings. The molecule has 0 radical (unpaired) electrons. The van der Waals surface area contributed by atoms with Gasteiger partial charge in [-0.1, -0.05) is 65.8 Å². The maximum atomic E-state index is 13.2. The molecule has 0 spiro atoms. The first kappa shape index (κ1) is 26.4. The van der Waals surface area contributed by atoms with Crippen LogP contribution in [0.1, 0.15) is 18.4 Å². The normalized spacial score (nSPS) is 14.0. The van der Waals surface area contributed by atoms with E-state index in [2.05, 4.69) is 15.5 Å². The lowest BCUT2D eigenvalue weighted by molar-refractivity contribution is -0.118. The van der Waals surface area contributed by atoms with Gasteiger partial charge in [-0.2, -0.15) is 4.31 Å². The quantitative estimate of drug-likeness (QED) is 0.292. The highest BCUT2D eigenvalue weighted by atomic mass is 35.5. The number of halogens is 1. The monoisotopic (exact) mass is 567 g/mol. The highest BCUT2D eigenvalue weighted by Gasteiger charge is 2.28. The van der Waals surface area contributed by atoms with E-state index >= 15 is 0 Å². The van der Waals surface area contributed by atoms with Crippen LogP contribution >= 0.6 is 23.4 Å². The molecule has 1 fully saturated rings. The van der Waals surface area contributed by atoms with Crippen LogP contribution in [0, 0.1) is 0 Å². The van der Waals surface area contributed by atoms with Crippen molar-refractivity contribution in [1.29, 1.82) is 0 Å². The van der Waals surface area contributed by atoms with E-state index in [0.29, 0.717) is 41.2 Å². The Morgan fingerprint density at radius 3 is 2.47 bits per heavy atom. The molecule has 3 aromatic carbocycles. The van der Waals surface area contributed by atoms with Gasteiger partial charge in [-0.3, -0.25) is 9.36 Å². The van der Waals surface area contributed by atoms with Gasteiger partial charge in [0.1, 0.15) is 0 Å². The molecule has 1 N–H and O–H groups in total. The maximum Gasteiger partial charge on any atom is 0.243 e. The third kappa shape index (κ3) is 5.94. The number of nitrogens with one attached hydrogen (secondary N) is 1. The van der Waals surface area contributed by atoms with Crippen molar-refractivity contribution < 1.29 is 13.2 Å². The molecule has 5 rings (SSSR count). The minimum atomic E-state index is -3.58. The number of hydrogen-bond acceptors (Lipinski definition) is 6. The molecule has 1 amide bonds. The van der Waals surface area contributed by atoms with Gasteiger partial charge in [0.05, 0.1) is 10.6 Å². The Labute approximate surface area is 231 Å². The van der Waals surface area contributed by atoms with Gasteiger partial charge >= 0.3 is 0 Å². The summed E-state index contributed by atoms with van der Waals surface area (Å²) in [6.07, 6.45) is 1.74. The number of rotatable bonds is 9. The van der Waals surface area contributed by atoms with E-state index in [9.17, 15) is 13.2 Å². The molecule has 1 aliphatic heterocycles. The fourth-order valence-electron chi connectivity index (χ4n) is 4.26. The summed E-state index contributed by atoms with van der Waals surface area (Å²) in [4.78, 5) is 12.8. The number of carbonyl (C=O) groups is 1. The van der Waals surface area contributed by atoms with Crippen molar-refractivity contribution in [2.24, 2.45) is 0 Å². The van der Waals surface area contributed by atoms with E-state index in [-0.39, 0.29) is 16.6 Å². The van der Waals surface area contributed by atoms with E-state index in [1.807, 2.05) is 59.2 Å². The molecular formula is C27H26ClN5O3S2. The third-order valence-corrected chi connectivity index (χ3v) is 9.21. The summed E-state index contributed by atoms with van der Waals surface area (Å²) in [5.74, 6) is 0.476. The lowest BCUT2D eigenvalue weighted by Crippen LogP contribution is -2.27. The molecule has 11 heteroatoms. The van der Waals surface area contributed by atoms with Crippen molar-refractivity contribution in [3.05, 3.63) is 89.4 Å². The van der Waals surface area contributed by atoms with Gasteiger partial charge in [-0.05, 0) is 54.8 Å². The van der Waals surface area contributed by atoms with Crippen LogP contribution in [0.4, 0.5) is 0 Å². The smallest absolute Gasteiger partial charge is 0.243 e. The summed E-state index contributed by atoms with van der Waals surface area (Å²) < 4.78 is 29.7. The molecule has 38 heavy (non-hydrogen) atoms. The highest BCUT2D eigenvalue weighted by Crippen LogP contribution is 2.30. The van der Waals surface area contributed by atoms with Crippen LogP contribution in [0.5, 0.6) is 0 Å². The van der Waals surface area contributed by atoms with Gasteiger partial charge in [0.25, 0.3) is 0 Å². The molecule has 1 saturated heterocycles. The average molecular weight is 568 g/mol. The van der Waals surface area contributed by atoms with Crippen molar-refractivity contribution in [2.45, 2.75) is 29.4 Å². The predicted molar refractivity (Wildman–Crippen MR) is 149 cm³/mol. The van der Waals surface area contributed by atoms with E-state index in [1.165, 1.54) is 16.1 Å². The molecule has 0 atom stereocenters. The number of thioether (sulfide) groups is 1. The zero-order valence-electron chi connectivity index (χ0n) is 20.5. The SMILES string of the molecule is O=C(CSc1nnc(-c2cccc(S(=O)(=O)N3CCCC3)c2)n1-c1ccccc1)NCc1cccc(Cl)c1. The Kier molecular flexibility index (Phi) is 8.13. The fraction of sp³-hybridized carbons (Fsp3) is 0.222. The second-order valence-electron chi connectivity index (χ2n) is 8.81. The molecular weight excluding hydrogens is 542 g/mol. The average Bonchev–Trinajstić information content (AvgIpc) is 3.63. The van der Waals surface area contributed by atoms with Crippen LogP contribution in [-0.4, -0.2) is 52.2 Å². The number of nitrogens with zero attached hydrogens (tertiary/aromatic N) is 4. The first-order valence-corrected chi connectivity index (χ1v) is 15.0. The summed E-state index contributed by atoms with van der Waals surface area (Å²) in [5, 5.41) is 12.8. The minimum absolute atomic E-state index is 0.134. The van der Waals surface area contributed by atoms with Gasteiger partial charge in [-0.15, -0.1) is 10.2 Å². The zero-order valence-corrected chi connectivity index (χ0v) is 22.8. The number of sulfonamides is 1. The Morgan fingerprint density at radius 1 is 0.947 bits per heavy atom. The summed E-state index contributed by atoms with van der Waals surface area (Å²) in [7, 11) is -3.58. The molecule has 0 bridgehead atoms. The van der Waals surface area contributed by atoms with Crippen molar-refractivity contribution in [3.63, 3.8) is 0 Å². The summed E-state index contributed by atoms with van der Waals surface area (Å²) in [5.41, 5.74) is 2.34. The first-order chi connectivity index (χ1) is 18.4. The van der Waals surface area contributed by atoms with Gasteiger partial charge in [-0.25, -0.2) is 8.42 Å². The molecule has 0 aliphatic carbocycles. The van der Waals surface area contributed by atoms with Crippen LogP contribution in [-0.2, 0) is 21.4 Å². The second-order valence-corrected chi connectivity index (χ2v) is 12.1. The Morgan fingerprint density at radius 2 is 1.71 bits per heavy atom. The van der Waals surface area contributed by atoms with Crippen LogP contribution in [0.25, 0.3) is 17.1 Å². The largest absolute Gasteiger partial charge is 0.351 e. The topological polar surface area (TPSA) is 97.2 Å². The minimum Gasteiger partial charge on any atom is -0.351 e. The number of hydrogen-bond donors (Lipinski definition) is 1. The van der Waals surface area contributed by atoms with Crippen molar-refractivity contribution in [1.82, 2.24) is 24.4 Å². The Bertz CT molecular complexity index is 1540. The summed E-state index contributed by atoms with van der Waals surface area (Å²) in [6, 6.07) is 23.7.